The first-order chi connectivity index (χ1) is 13.3. The van der Waals surface area contributed by atoms with Crippen LogP contribution in [-0.4, -0.2) is 13.0 Å². The summed E-state index contributed by atoms with van der Waals surface area (Å²) in [6.07, 6.45) is 19.8. The van der Waals surface area contributed by atoms with E-state index in [0.717, 1.165) is 12.0 Å². The normalized spacial score (nSPS) is 10.8. The molecule has 0 aliphatic heterocycles. The molecule has 5 heteroatoms. The molecule has 0 heterocycles. The van der Waals surface area contributed by atoms with Crippen molar-refractivity contribution in [3.8, 4) is 0 Å². The molecule has 0 aromatic heterocycles. The second-order valence-corrected chi connectivity index (χ2v) is 9.16. The Hall–Kier alpha value is 0.130. The Morgan fingerprint density at radius 3 is 1.55 bits per heavy atom. The van der Waals surface area contributed by atoms with Gasteiger partial charge in [0.1, 0.15) is 0 Å². The molecule has 1 aromatic rings. The molecule has 0 aliphatic carbocycles. The summed E-state index contributed by atoms with van der Waals surface area (Å²) in [6.45, 7) is 9.62. The number of benzene rings is 1. The van der Waals surface area contributed by atoms with Crippen LogP contribution in [-0.2, 0) is 10.1 Å². The minimum absolute atomic E-state index is 0. The van der Waals surface area contributed by atoms with E-state index in [9.17, 15) is 8.42 Å². The van der Waals surface area contributed by atoms with Crippen LogP contribution in [0.4, 0.5) is 0 Å². The standard InChI is InChI=1S/C16H33.C8H10O3S.Na/c1-3-5-7-9-11-13-15-16-14-12-10-8-6-4-2;1-6-4-3-5-8(7(6)2)12(9,10)11;/h1,3-16H2,2H3;3-5H,1-2H3,(H,9,10,11);/q-1;;+1. The summed E-state index contributed by atoms with van der Waals surface area (Å²) in [5.41, 5.74) is 1.45. The maximum atomic E-state index is 10.8. The Morgan fingerprint density at radius 2 is 1.21 bits per heavy atom. The van der Waals surface area contributed by atoms with Crippen LogP contribution in [0.15, 0.2) is 23.1 Å². The smallest absolute Gasteiger partial charge is 0.343 e. The quantitative estimate of drug-likeness (QED) is 0.197. The number of hydrogen-bond donors (Lipinski definition) is 1. The second-order valence-electron chi connectivity index (χ2n) is 7.77. The van der Waals surface area contributed by atoms with E-state index >= 15 is 0 Å². The van der Waals surface area contributed by atoms with Crippen LogP contribution < -0.4 is 29.6 Å². The third-order valence-electron chi connectivity index (χ3n) is 5.19. The number of unbranched alkanes of at least 4 members (excludes halogenated alkanes) is 13. The van der Waals surface area contributed by atoms with Gasteiger partial charge in [0.25, 0.3) is 10.1 Å². The van der Waals surface area contributed by atoms with E-state index in [2.05, 4.69) is 13.8 Å². The first kappa shape index (κ1) is 31.3. The molecule has 0 bridgehead atoms. The van der Waals surface area contributed by atoms with Gasteiger partial charge in [-0.05, 0) is 31.0 Å². The van der Waals surface area contributed by atoms with Crippen molar-refractivity contribution < 1.29 is 42.5 Å². The first-order valence-electron chi connectivity index (χ1n) is 11.2. The van der Waals surface area contributed by atoms with Gasteiger partial charge >= 0.3 is 29.6 Å². The summed E-state index contributed by atoms with van der Waals surface area (Å²) in [4.78, 5) is -0.0116. The molecule has 1 N–H and O–H groups in total. The zero-order valence-electron chi connectivity index (χ0n) is 19.5. The van der Waals surface area contributed by atoms with Gasteiger partial charge in [-0.15, -0.1) is 0 Å². The Bertz CT molecular complexity index is 586. The van der Waals surface area contributed by atoms with Gasteiger partial charge in [0.05, 0.1) is 4.90 Å². The summed E-state index contributed by atoms with van der Waals surface area (Å²) in [5.74, 6) is 0. The third kappa shape index (κ3) is 17.5. The van der Waals surface area contributed by atoms with Crippen molar-refractivity contribution in [3.63, 3.8) is 0 Å². The van der Waals surface area contributed by atoms with E-state index in [1.54, 1.807) is 26.0 Å². The van der Waals surface area contributed by atoms with Crippen molar-refractivity contribution in [2.45, 2.75) is 116 Å². The minimum Gasteiger partial charge on any atom is -0.343 e. The van der Waals surface area contributed by atoms with E-state index in [1.165, 1.54) is 89.5 Å². The molecule has 29 heavy (non-hydrogen) atoms. The van der Waals surface area contributed by atoms with Gasteiger partial charge in [0.15, 0.2) is 0 Å². The van der Waals surface area contributed by atoms with Crippen molar-refractivity contribution in [1.82, 2.24) is 0 Å². The second kappa shape index (κ2) is 20.1. The average Bonchev–Trinajstić information content (AvgIpc) is 2.64. The molecule has 0 spiro atoms. The summed E-state index contributed by atoms with van der Waals surface area (Å²) in [6, 6.07) is 4.78. The molecule has 0 aliphatic rings. The molecule has 0 fully saturated rings. The molecule has 1 aromatic carbocycles. The zero-order valence-corrected chi connectivity index (χ0v) is 22.3. The van der Waals surface area contributed by atoms with Crippen molar-refractivity contribution >= 4 is 10.1 Å². The van der Waals surface area contributed by atoms with E-state index in [1.807, 2.05) is 0 Å². The Kier molecular flexibility index (Phi) is 21.7. The van der Waals surface area contributed by atoms with Gasteiger partial charge < -0.3 is 6.92 Å². The summed E-state index contributed by atoms with van der Waals surface area (Å²) >= 11 is 0. The fraction of sp³-hybridized carbons (Fsp3) is 0.708. The Morgan fingerprint density at radius 1 is 0.793 bits per heavy atom. The molecule has 0 saturated heterocycles. The molecular weight excluding hydrogens is 391 g/mol. The maximum Gasteiger partial charge on any atom is 1.00 e. The van der Waals surface area contributed by atoms with Gasteiger partial charge in [-0.2, -0.15) is 14.8 Å². The molecule has 0 amide bonds. The van der Waals surface area contributed by atoms with Crippen LogP contribution in [0.1, 0.15) is 108 Å². The largest absolute Gasteiger partial charge is 1.00 e. The molecule has 0 saturated carbocycles. The van der Waals surface area contributed by atoms with Crippen molar-refractivity contribution in [3.05, 3.63) is 36.2 Å². The average molecular weight is 435 g/mol. The van der Waals surface area contributed by atoms with Crippen LogP contribution in [0.5, 0.6) is 0 Å². The molecular formula is C24H43NaO3S. The van der Waals surface area contributed by atoms with Gasteiger partial charge in [-0.3, -0.25) is 4.55 Å². The van der Waals surface area contributed by atoms with Crippen LogP contribution in [0, 0.1) is 20.8 Å². The third-order valence-corrected chi connectivity index (χ3v) is 6.18. The van der Waals surface area contributed by atoms with Crippen molar-refractivity contribution in [1.29, 1.82) is 0 Å². The summed E-state index contributed by atoms with van der Waals surface area (Å²) < 4.78 is 30.3. The Labute approximate surface area is 203 Å². The van der Waals surface area contributed by atoms with Crippen molar-refractivity contribution in [2.24, 2.45) is 0 Å². The van der Waals surface area contributed by atoms with Crippen LogP contribution in [0.25, 0.3) is 0 Å². The van der Waals surface area contributed by atoms with E-state index in [-0.39, 0.29) is 34.5 Å². The molecule has 3 nitrogen and oxygen atoms in total. The number of aryl methyl sites for hydroxylation is 1. The van der Waals surface area contributed by atoms with Crippen molar-refractivity contribution in [2.75, 3.05) is 0 Å². The fourth-order valence-corrected chi connectivity index (χ4v) is 4.00. The van der Waals surface area contributed by atoms with E-state index < -0.39 is 10.1 Å². The van der Waals surface area contributed by atoms with E-state index in [4.69, 9.17) is 4.55 Å². The molecule has 1 rings (SSSR count). The molecule has 0 radical (unpaired) electrons. The number of hydrogen-bond acceptors (Lipinski definition) is 2. The summed E-state index contributed by atoms with van der Waals surface area (Å²) in [5, 5.41) is 0. The monoisotopic (exact) mass is 434 g/mol. The predicted octanol–water partition coefficient (Wildman–Crippen LogP) is 4.86. The molecule has 164 valence electrons. The van der Waals surface area contributed by atoms with Crippen LogP contribution in [0.3, 0.4) is 0 Å². The molecule has 0 unspecified atom stereocenters. The maximum absolute atomic E-state index is 10.8. The summed E-state index contributed by atoms with van der Waals surface area (Å²) in [7, 11) is -4.06. The van der Waals surface area contributed by atoms with Gasteiger partial charge in [0, 0.05) is 0 Å². The SMILES string of the molecule is Cc1cccc(S(=O)(=O)O)c1C.[CH2-]CCCCCCCCCCCCCCC.[Na+]. The van der Waals surface area contributed by atoms with Crippen LogP contribution in [0.2, 0.25) is 0 Å². The molecule has 0 atom stereocenters. The topological polar surface area (TPSA) is 54.4 Å². The van der Waals surface area contributed by atoms with Crippen LogP contribution >= 0.6 is 0 Å². The fourth-order valence-electron chi connectivity index (χ4n) is 3.20. The Balaban J connectivity index is 0. The van der Waals surface area contributed by atoms with Gasteiger partial charge in [0.2, 0.25) is 0 Å². The first-order valence-corrected chi connectivity index (χ1v) is 12.6. The van der Waals surface area contributed by atoms with Gasteiger partial charge in [-0.1, -0.05) is 103 Å². The minimum atomic E-state index is -4.06. The number of rotatable bonds is 14. The predicted molar refractivity (Wildman–Crippen MR) is 121 cm³/mol. The zero-order chi connectivity index (χ0) is 21.3. The van der Waals surface area contributed by atoms with Gasteiger partial charge in [-0.25, -0.2) is 0 Å². The van der Waals surface area contributed by atoms with E-state index in [0.29, 0.717) is 5.56 Å².